The molecule has 0 saturated heterocycles. The van der Waals surface area contributed by atoms with Gasteiger partial charge in [0.2, 0.25) is 0 Å². The zero-order valence-electron chi connectivity index (χ0n) is 8.15. The van der Waals surface area contributed by atoms with Gasteiger partial charge in [0, 0.05) is 0 Å². The number of hydrogen-bond donors (Lipinski definition) is 2. The van der Waals surface area contributed by atoms with Gasteiger partial charge in [0.05, 0.1) is 11.5 Å². The molecule has 0 aromatic heterocycles. The fourth-order valence-corrected chi connectivity index (χ4v) is 4.26. The van der Waals surface area contributed by atoms with Crippen LogP contribution in [-0.4, -0.2) is 22.3 Å². The largest absolute Gasteiger partial charge is 0.481 e. The van der Waals surface area contributed by atoms with Crippen molar-refractivity contribution in [2.45, 2.75) is 38.2 Å². The summed E-state index contributed by atoms with van der Waals surface area (Å²) in [5, 5.41) is 19.2. The first-order valence-electron chi connectivity index (χ1n) is 5.52. The topological polar surface area (TPSA) is 57.5 Å². The van der Waals surface area contributed by atoms with Crippen molar-refractivity contribution in [2.24, 2.45) is 23.2 Å². The number of aliphatic hydroxyl groups excluding tert-OH is 1. The van der Waals surface area contributed by atoms with Gasteiger partial charge in [-0.1, -0.05) is 0 Å². The summed E-state index contributed by atoms with van der Waals surface area (Å²) in [7, 11) is 0. The molecule has 0 amide bonds. The molecule has 0 aromatic carbocycles. The van der Waals surface area contributed by atoms with E-state index in [-0.39, 0.29) is 17.9 Å². The van der Waals surface area contributed by atoms with Crippen LogP contribution in [0, 0.1) is 23.2 Å². The lowest BCUT2D eigenvalue weighted by atomic mass is 9.48. The highest BCUT2D eigenvalue weighted by Crippen LogP contribution is 2.60. The summed E-state index contributed by atoms with van der Waals surface area (Å²) in [6.45, 7) is 0. The van der Waals surface area contributed by atoms with Gasteiger partial charge in [0.1, 0.15) is 0 Å². The van der Waals surface area contributed by atoms with Gasteiger partial charge in [-0.15, -0.1) is 0 Å². The molecule has 4 rings (SSSR count). The predicted octanol–water partition coefficient (Wildman–Crippen LogP) is 1.26. The van der Waals surface area contributed by atoms with E-state index in [0.717, 1.165) is 32.1 Å². The highest BCUT2D eigenvalue weighted by molar-refractivity contribution is 5.75. The van der Waals surface area contributed by atoms with Crippen molar-refractivity contribution in [3.63, 3.8) is 0 Å². The number of hydrogen-bond acceptors (Lipinski definition) is 2. The van der Waals surface area contributed by atoms with Crippen molar-refractivity contribution in [2.75, 3.05) is 0 Å². The normalized spacial score (nSPS) is 54.9. The van der Waals surface area contributed by atoms with Gasteiger partial charge in [0.25, 0.3) is 0 Å². The molecule has 0 heterocycles. The van der Waals surface area contributed by atoms with Crippen LogP contribution in [-0.2, 0) is 4.79 Å². The molecular weight excluding hydrogens is 180 g/mol. The predicted molar refractivity (Wildman–Crippen MR) is 49.6 cm³/mol. The minimum atomic E-state index is -0.621. The molecule has 4 bridgehead atoms. The summed E-state index contributed by atoms with van der Waals surface area (Å²) in [5.74, 6) is 0.505. The van der Waals surface area contributed by atoms with Gasteiger partial charge in [-0.05, 0) is 49.9 Å². The molecule has 0 aromatic rings. The van der Waals surface area contributed by atoms with Crippen molar-refractivity contribution in [1.82, 2.24) is 0 Å². The van der Waals surface area contributed by atoms with E-state index in [1.165, 1.54) is 0 Å². The number of carbonyl (C=O) groups is 1. The molecule has 5 atom stereocenters. The SMILES string of the molecule is O=C(O)C12CC3C[C@H](C1)C(O)[C@@H](C3)C2. The Labute approximate surface area is 83.1 Å². The van der Waals surface area contributed by atoms with Crippen molar-refractivity contribution >= 4 is 5.97 Å². The molecule has 14 heavy (non-hydrogen) atoms. The molecule has 0 spiro atoms. The molecule has 4 aliphatic carbocycles. The lowest BCUT2D eigenvalue weighted by molar-refractivity contribution is -0.178. The molecule has 0 radical (unpaired) electrons. The van der Waals surface area contributed by atoms with Gasteiger partial charge in [-0.25, -0.2) is 0 Å². The Morgan fingerprint density at radius 2 is 1.71 bits per heavy atom. The maximum Gasteiger partial charge on any atom is 0.309 e. The standard InChI is InChI=1S/C11H16O3/c12-9-7-1-6-2-8(9)5-11(3-6,4-7)10(13)14/h6-9,12H,1-5H2,(H,13,14)/t6?,7-,8+,9?,11?. The third-order valence-electron chi connectivity index (χ3n) is 4.68. The summed E-state index contributed by atoms with van der Waals surface area (Å²) >= 11 is 0. The highest BCUT2D eigenvalue weighted by Gasteiger charge is 2.58. The summed E-state index contributed by atoms with van der Waals surface area (Å²) in [5.41, 5.74) is -0.463. The summed E-state index contributed by atoms with van der Waals surface area (Å²) in [4.78, 5) is 11.3. The van der Waals surface area contributed by atoms with Crippen LogP contribution in [0.25, 0.3) is 0 Å². The lowest BCUT2D eigenvalue weighted by Gasteiger charge is -2.56. The number of aliphatic hydroxyl groups is 1. The monoisotopic (exact) mass is 196 g/mol. The van der Waals surface area contributed by atoms with E-state index in [1.807, 2.05) is 0 Å². The van der Waals surface area contributed by atoms with Crippen LogP contribution >= 0.6 is 0 Å². The molecule has 3 nitrogen and oxygen atoms in total. The van der Waals surface area contributed by atoms with E-state index in [0.29, 0.717) is 5.92 Å². The van der Waals surface area contributed by atoms with Crippen LogP contribution in [0.4, 0.5) is 0 Å². The van der Waals surface area contributed by atoms with E-state index in [9.17, 15) is 15.0 Å². The highest BCUT2D eigenvalue weighted by atomic mass is 16.4. The Morgan fingerprint density at radius 3 is 2.21 bits per heavy atom. The Kier molecular flexibility index (Phi) is 1.56. The molecule has 4 fully saturated rings. The smallest absolute Gasteiger partial charge is 0.309 e. The molecule has 3 heteroatoms. The van der Waals surface area contributed by atoms with Crippen LogP contribution < -0.4 is 0 Å². The van der Waals surface area contributed by atoms with Gasteiger partial charge in [0.15, 0.2) is 0 Å². The maximum atomic E-state index is 11.3. The Morgan fingerprint density at radius 1 is 1.14 bits per heavy atom. The van der Waals surface area contributed by atoms with Crippen molar-refractivity contribution in [1.29, 1.82) is 0 Å². The number of carboxylic acids is 1. The van der Waals surface area contributed by atoms with Gasteiger partial charge >= 0.3 is 5.97 Å². The van der Waals surface area contributed by atoms with Crippen LogP contribution in [0.5, 0.6) is 0 Å². The fraction of sp³-hybridized carbons (Fsp3) is 0.909. The van der Waals surface area contributed by atoms with E-state index < -0.39 is 11.4 Å². The zero-order chi connectivity index (χ0) is 9.92. The fourth-order valence-electron chi connectivity index (χ4n) is 4.26. The van der Waals surface area contributed by atoms with Crippen LogP contribution in [0.15, 0.2) is 0 Å². The van der Waals surface area contributed by atoms with Gasteiger partial charge in [-0.3, -0.25) is 4.79 Å². The molecule has 0 aliphatic heterocycles. The minimum Gasteiger partial charge on any atom is -0.481 e. The Hall–Kier alpha value is -0.570. The van der Waals surface area contributed by atoms with Crippen LogP contribution in [0.1, 0.15) is 32.1 Å². The molecule has 78 valence electrons. The average Bonchev–Trinajstić information content (AvgIpc) is 2.12. The molecular formula is C11H16O3. The maximum absolute atomic E-state index is 11.3. The second kappa shape index (κ2) is 2.51. The number of aliphatic carboxylic acids is 1. The quantitative estimate of drug-likeness (QED) is 0.663. The zero-order valence-corrected chi connectivity index (χ0v) is 8.15. The van der Waals surface area contributed by atoms with Crippen molar-refractivity contribution < 1.29 is 15.0 Å². The molecule has 4 saturated carbocycles. The second-order valence-corrected chi connectivity index (χ2v) is 5.55. The van der Waals surface area contributed by atoms with Crippen molar-refractivity contribution in [3.8, 4) is 0 Å². The first-order valence-corrected chi connectivity index (χ1v) is 5.52. The number of rotatable bonds is 1. The Balaban J connectivity index is 1.96. The van der Waals surface area contributed by atoms with E-state index >= 15 is 0 Å². The minimum absolute atomic E-state index is 0.209. The van der Waals surface area contributed by atoms with E-state index in [2.05, 4.69) is 0 Å². The average molecular weight is 196 g/mol. The van der Waals surface area contributed by atoms with E-state index in [4.69, 9.17) is 0 Å². The first kappa shape index (κ1) is 8.72. The summed E-state index contributed by atoms with van der Waals surface area (Å²) < 4.78 is 0. The third kappa shape index (κ3) is 0.937. The molecule has 4 aliphatic rings. The van der Waals surface area contributed by atoms with Gasteiger partial charge in [-0.2, -0.15) is 0 Å². The van der Waals surface area contributed by atoms with Gasteiger partial charge < -0.3 is 10.2 Å². The summed E-state index contributed by atoms with van der Waals surface area (Å²) in [6.07, 6.45) is 4.22. The number of carboxylic acid groups (broad SMARTS) is 1. The van der Waals surface area contributed by atoms with Crippen molar-refractivity contribution in [3.05, 3.63) is 0 Å². The Bertz CT molecular complexity index is 270. The molecule has 3 unspecified atom stereocenters. The first-order chi connectivity index (χ1) is 6.61. The third-order valence-corrected chi connectivity index (χ3v) is 4.68. The van der Waals surface area contributed by atoms with E-state index in [1.54, 1.807) is 0 Å². The second-order valence-electron chi connectivity index (χ2n) is 5.55. The lowest BCUT2D eigenvalue weighted by Crippen LogP contribution is -2.56. The van der Waals surface area contributed by atoms with Crippen LogP contribution in [0.2, 0.25) is 0 Å². The van der Waals surface area contributed by atoms with Crippen LogP contribution in [0.3, 0.4) is 0 Å². The summed E-state index contributed by atoms with van der Waals surface area (Å²) in [6, 6.07) is 0. The molecule has 2 N–H and O–H groups in total.